The summed E-state index contributed by atoms with van der Waals surface area (Å²) in [6.45, 7) is 0. The minimum absolute atomic E-state index is 0.145. The highest BCUT2D eigenvalue weighted by atomic mass is 79.9. The summed E-state index contributed by atoms with van der Waals surface area (Å²) in [5.74, 6) is 0. The molecule has 0 fully saturated rings. The maximum Gasteiger partial charge on any atom is 0.272 e. The van der Waals surface area contributed by atoms with Crippen molar-refractivity contribution in [1.29, 1.82) is 0 Å². The molecule has 0 radical (unpaired) electrons. The van der Waals surface area contributed by atoms with Gasteiger partial charge in [-0.3, -0.25) is 4.79 Å². The first kappa shape index (κ1) is 12.1. The van der Waals surface area contributed by atoms with Crippen molar-refractivity contribution in [2.45, 2.75) is 6.42 Å². The fourth-order valence-corrected chi connectivity index (χ4v) is 2.59. The molecule has 2 aromatic carbocycles. The number of H-pyrrole nitrogens is 1. The van der Waals surface area contributed by atoms with Crippen molar-refractivity contribution in [3.63, 3.8) is 0 Å². The highest BCUT2D eigenvalue weighted by Crippen LogP contribution is 2.18. The van der Waals surface area contributed by atoms with E-state index in [1.165, 1.54) is 0 Å². The van der Waals surface area contributed by atoms with Crippen LogP contribution in [0.4, 0.5) is 0 Å². The molecule has 3 aromatic rings. The van der Waals surface area contributed by atoms with Crippen molar-refractivity contribution < 1.29 is 0 Å². The maximum atomic E-state index is 11.7. The summed E-state index contributed by atoms with van der Waals surface area (Å²) in [6.07, 6.45) is 0.691. The van der Waals surface area contributed by atoms with Crippen molar-refractivity contribution in [3.8, 4) is 0 Å². The summed E-state index contributed by atoms with van der Waals surface area (Å²) in [5, 5.41) is 8.33. The molecular weight excluding hydrogens is 304 g/mol. The second-order valence-corrected chi connectivity index (χ2v) is 5.27. The van der Waals surface area contributed by atoms with Gasteiger partial charge < -0.3 is 0 Å². The average Bonchev–Trinajstić information content (AvgIpc) is 2.42. The van der Waals surface area contributed by atoms with E-state index in [-0.39, 0.29) is 5.56 Å². The average molecular weight is 315 g/mol. The van der Waals surface area contributed by atoms with E-state index in [0.717, 1.165) is 21.1 Å². The first-order valence-electron chi connectivity index (χ1n) is 5.95. The molecule has 3 nitrogen and oxygen atoms in total. The highest BCUT2D eigenvalue weighted by molar-refractivity contribution is 9.10. The van der Waals surface area contributed by atoms with Gasteiger partial charge in [0.2, 0.25) is 0 Å². The lowest BCUT2D eigenvalue weighted by molar-refractivity contribution is 0.934. The van der Waals surface area contributed by atoms with Gasteiger partial charge in [-0.25, -0.2) is 5.10 Å². The summed E-state index contributed by atoms with van der Waals surface area (Å²) >= 11 is 3.46. The number of benzene rings is 2. The lowest BCUT2D eigenvalue weighted by Crippen LogP contribution is -2.11. The minimum atomic E-state index is -0.145. The zero-order valence-corrected chi connectivity index (χ0v) is 11.6. The molecule has 0 aliphatic rings. The van der Waals surface area contributed by atoms with Crippen LogP contribution in [-0.4, -0.2) is 10.2 Å². The Labute approximate surface area is 118 Å². The molecule has 19 heavy (non-hydrogen) atoms. The van der Waals surface area contributed by atoms with Gasteiger partial charge in [0, 0.05) is 16.3 Å². The van der Waals surface area contributed by atoms with Gasteiger partial charge in [-0.2, -0.15) is 5.10 Å². The number of nitrogens with one attached hydrogen (secondary N) is 1. The number of aromatic nitrogens is 2. The SMILES string of the molecule is O=c1[nH]nc(Cc2cccc(Br)c2)c2ccccc12. The van der Waals surface area contributed by atoms with E-state index >= 15 is 0 Å². The van der Waals surface area contributed by atoms with Crippen LogP contribution >= 0.6 is 15.9 Å². The van der Waals surface area contributed by atoms with Gasteiger partial charge >= 0.3 is 0 Å². The third kappa shape index (κ3) is 2.44. The van der Waals surface area contributed by atoms with E-state index in [2.05, 4.69) is 32.2 Å². The van der Waals surface area contributed by atoms with Gasteiger partial charge in [0.25, 0.3) is 5.56 Å². The van der Waals surface area contributed by atoms with E-state index in [0.29, 0.717) is 11.8 Å². The minimum Gasteiger partial charge on any atom is -0.267 e. The number of fused-ring (bicyclic) bond motifs is 1. The maximum absolute atomic E-state index is 11.7. The fraction of sp³-hybridized carbons (Fsp3) is 0.0667. The molecule has 0 bridgehead atoms. The monoisotopic (exact) mass is 314 g/mol. The van der Waals surface area contributed by atoms with E-state index in [4.69, 9.17) is 0 Å². The predicted molar refractivity (Wildman–Crippen MR) is 79.3 cm³/mol. The van der Waals surface area contributed by atoms with Crippen LogP contribution < -0.4 is 5.56 Å². The first-order valence-corrected chi connectivity index (χ1v) is 6.74. The lowest BCUT2D eigenvalue weighted by atomic mass is 10.0. The van der Waals surface area contributed by atoms with Crippen LogP contribution in [0.25, 0.3) is 10.8 Å². The van der Waals surface area contributed by atoms with Gasteiger partial charge in [0.15, 0.2) is 0 Å². The van der Waals surface area contributed by atoms with Crippen LogP contribution in [0.15, 0.2) is 57.8 Å². The second kappa shape index (κ2) is 4.97. The van der Waals surface area contributed by atoms with Crippen molar-refractivity contribution in [2.24, 2.45) is 0 Å². The van der Waals surface area contributed by atoms with E-state index in [9.17, 15) is 4.79 Å². The Morgan fingerprint density at radius 3 is 2.63 bits per heavy atom. The Kier molecular flexibility index (Phi) is 3.17. The van der Waals surface area contributed by atoms with E-state index < -0.39 is 0 Å². The standard InChI is InChI=1S/C15H11BrN2O/c16-11-5-3-4-10(8-11)9-14-12-6-1-2-7-13(12)15(19)18-17-14/h1-8H,9H2,(H,18,19). The highest BCUT2D eigenvalue weighted by Gasteiger charge is 2.06. The Morgan fingerprint density at radius 2 is 1.84 bits per heavy atom. The van der Waals surface area contributed by atoms with Crippen LogP contribution in [-0.2, 0) is 6.42 Å². The third-order valence-electron chi connectivity index (χ3n) is 3.04. The van der Waals surface area contributed by atoms with Gasteiger partial charge in [0.05, 0.1) is 11.1 Å². The van der Waals surface area contributed by atoms with Crippen LogP contribution in [0.2, 0.25) is 0 Å². The molecule has 0 amide bonds. The number of rotatable bonds is 2. The molecule has 1 aromatic heterocycles. The molecule has 1 N–H and O–H groups in total. The summed E-state index contributed by atoms with van der Waals surface area (Å²) in [7, 11) is 0. The predicted octanol–water partition coefficient (Wildman–Crippen LogP) is 3.28. The summed E-state index contributed by atoms with van der Waals surface area (Å²) in [5.41, 5.74) is 1.89. The Hall–Kier alpha value is -1.94. The van der Waals surface area contributed by atoms with Gasteiger partial charge in [0.1, 0.15) is 0 Å². The van der Waals surface area contributed by atoms with Crippen LogP contribution in [0.1, 0.15) is 11.3 Å². The quantitative estimate of drug-likeness (QED) is 0.789. The first-order chi connectivity index (χ1) is 9.24. The molecule has 0 saturated heterocycles. The second-order valence-electron chi connectivity index (χ2n) is 4.35. The molecule has 0 saturated carbocycles. The van der Waals surface area contributed by atoms with Crippen LogP contribution in [0, 0.1) is 0 Å². The summed E-state index contributed by atoms with van der Waals surface area (Å²) < 4.78 is 1.04. The molecule has 0 spiro atoms. The number of hydrogen-bond donors (Lipinski definition) is 1. The van der Waals surface area contributed by atoms with Crippen molar-refractivity contribution in [1.82, 2.24) is 10.2 Å². The molecule has 0 aliphatic carbocycles. The topological polar surface area (TPSA) is 45.8 Å². The van der Waals surface area contributed by atoms with Crippen LogP contribution in [0.3, 0.4) is 0 Å². The number of halogens is 1. The Morgan fingerprint density at radius 1 is 1.05 bits per heavy atom. The molecular formula is C15H11BrN2O. The fourth-order valence-electron chi connectivity index (χ4n) is 2.15. The van der Waals surface area contributed by atoms with Crippen LogP contribution in [0.5, 0.6) is 0 Å². The molecule has 0 aliphatic heterocycles. The molecule has 4 heteroatoms. The molecule has 1 heterocycles. The number of nitrogens with zero attached hydrogens (tertiary/aromatic N) is 1. The Balaban J connectivity index is 2.11. The zero-order chi connectivity index (χ0) is 13.2. The summed E-state index contributed by atoms with van der Waals surface area (Å²) in [6, 6.07) is 15.6. The Bertz CT molecular complexity index is 795. The largest absolute Gasteiger partial charge is 0.272 e. The lowest BCUT2D eigenvalue weighted by Gasteiger charge is -2.05. The molecule has 0 unspecified atom stereocenters. The molecule has 0 atom stereocenters. The van der Waals surface area contributed by atoms with Crippen molar-refractivity contribution in [2.75, 3.05) is 0 Å². The van der Waals surface area contributed by atoms with E-state index in [1.807, 2.05) is 42.5 Å². The molecule has 3 rings (SSSR count). The third-order valence-corrected chi connectivity index (χ3v) is 3.53. The summed E-state index contributed by atoms with van der Waals surface area (Å²) in [4.78, 5) is 11.7. The van der Waals surface area contributed by atoms with Gasteiger partial charge in [-0.15, -0.1) is 0 Å². The van der Waals surface area contributed by atoms with E-state index in [1.54, 1.807) is 0 Å². The zero-order valence-electron chi connectivity index (χ0n) is 10.1. The van der Waals surface area contributed by atoms with Gasteiger partial charge in [-0.1, -0.05) is 46.3 Å². The normalized spacial score (nSPS) is 10.8. The molecule has 94 valence electrons. The number of hydrogen-bond acceptors (Lipinski definition) is 2. The number of aromatic amines is 1. The van der Waals surface area contributed by atoms with Gasteiger partial charge in [-0.05, 0) is 23.8 Å². The van der Waals surface area contributed by atoms with Crippen molar-refractivity contribution in [3.05, 3.63) is 74.6 Å². The van der Waals surface area contributed by atoms with Crippen molar-refractivity contribution >= 4 is 26.7 Å². The smallest absolute Gasteiger partial charge is 0.267 e.